The van der Waals surface area contributed by atoms with Gasteiger partial charge in [-0.3, -0.25) is 9.48 Å². The molecule has 1 aromatic rings. The Labute approximate surface area is 102 Å². The molecule has 0 aromatic carbocycles. The van der Waals surface area contributed by atoms with Gasteiger partial charge in [0.1, 0.15) is 0 Å². The summed E-state index contributed by atoms with van der Waals surface area (Å²) in [6.07, 6.45) is 4.00. The molecule has 0 aliphatic carbocycles. The van der Waals surface area contributed by atoms with Gasteiger partial charge in [-0.15, -0.1) is 0 Å². The van der Waals surface area contributed by atoms with Crippen molar-refractivity contribution in [2.24, 2.45) is 7.05 Å². The predicted octanol–water partition coefficient (Wildman–Crippen LogP) is 1.09. The van der Waals surface area contributed by atoms with Gasteiger partial charge in [0.15, 0.2) is 5.69 Å². The van der Waals surface area contributed by atoms with Crippen LogP contribution < -0.4 is 5.32 Å². The molecule has 16 heavy (non-hydrogen) atoms. The van der Waals surface area contributed by atoms with E-state index in [0.717, 1.165) is 19.4 Å². The number of amides is 1. The number of halogens is 1. The van der Waals surface area contributed by atoms with Gasteiger partial charge in [-0.1, -0.05) is 0 Å². The van der Waals surface area contributed by atoms with Crippen LogP contribution in [0.25, 0.3) is 0 Å². The Morgan fingerprint density at radius 1 is 1.81 bits per heavy atom. The first-order valence-corrected chi connectivity index (χ1v) is 6.05. The zero-order valence-corrected chi connectivity index (χ0v) is 10.7. The molecule has 1 aliphatic heterocycles. The van der Waals surface area contributed by atoms with Crippen LogP contribution in [-0.4, -0.2) is 34.9 Å². The highest BCUT2D eigenvalue weighted by Gasteiger charge is 2.19. The SMILES string of the molecule is Cn1cc(Br)c(C(=O)NCC2CCCO2)n1. The third-order valence-electron chi connectivity index (χ3n) is 2.51. The third kappa shape index (κ3) is 2.62. The topological polar surface area (TPSA) is 56.2 Å². The van der Waals surface area contributed by atoms with E-state index in [0.29, 0.717) is 16.7 Å². The maximum atomic E-state index is 11.8. The minimum absolute atomic E-state index is 0.159. The highest BCUT2D eigenvalue weighted by Crippen LogP contribution is 2.14. The molecule has 0 spiro atoms. The Morgan fingerprint density at radius 2 is 2.62 bits per heavy atom. The van der Waals surface area contributed by atoms with Gasteiger partial charge in [-0.05, 0) is 28.8 Å². The van der Waals surface area contributed by atoms with Gasteiger partial charge in [-0.2, -0.15) is 5.10 Å². The molecule has 1 aromatic heterocycles. The lowest BCUT2D eigenvalue weighted by Gasteiger charge is -2.09. The summed E-state index contributed by atoms with van der Waals surface area (Å²) < 4.78 is 7.73. The molecule has 1 amide bonds. The molecule has 1 atom stereocenters. The minimum atomic E-state index is -0.164. The molecular weight excluding hydrogens is 274 g/mol. The van der Waals surface area contributed by atoms with Gasteiger partial charge >= 0.3 is 0 Å². The highest BCUT2D eigenvalue weighted by atomic mass is 79.9. The number of nitrogens with one attached hydrogen (secondary N) is 1. The van der Waals surface area contributed by atoms with E-state index in [1.807, 2.05) is 0 Å². The molecule has 1 aliphatic rings. The summed E-state index contributed by atoms with van der Waals surface area (Å²) in [5.74, 6) is -0.164. The van der Waals surface area contributed by atoms with Crippen molar-refractivity contribution in [1.82, 2.24) is 15.1 Å². The molecule has 2 rings (SSSR count). The summed E-state index contributed by atoms with van der Waals surface area (Å²) in [5, 5.41) is 6.90. The molecule has 1 unspecified atom stereocenters. The second-order valence-corrected chi connectivity index (χ2v) is 4.70. The van der Waals surface area contributed by atoms with Crippen molar-refractivity contribution in [2.75, 3.05) is 13.2 Å². The van der Waals surface area contributed by atoms with Crippen LogP contribution in [0.4, 0.5) is 0 Å². The zero-order chi connectivity index (χ0) is 11.5. The van der Waals surface area contributed by atoms with Crippen molar-refractivity contribution in [3.63, 3.8) is 0 Å². The number of ether oxygens (including phenoxy) is 1. The molecule has 2 heterocycles. The molecule has 0 bridgehead atoms. The van der Waals surface area contributed by atoms with E-state index in [-0.39, 0.29) is 12.0 Å². The fourth-order valence-electron chi connectivity index (χ4n) is 1.71. The molecule has 0 radical (unpaired) electrons. The highest BCUT2D eigenvalue weighted by molar-refractivity contribution is 9.10. The molecule has 1 fully saturated rings. The van der Waals surface area contributed by atoms with Crippen molar-refractivity contribution < 1.29 is 9.53 Å². The van der Waals surface area contributed by atoms with Gasteiger partial charge in [-0.25, -0.2) is 0 Å². The number of hydrogen-bond donors (Lipinski definition) is 1. The summed E-state index contributed by atoms with van der Waals surface area (Å²) in [7, 11) is 1.78. The normalized spacial score (nSPS) is 20.0. The summed E-state index contributed by atoms with van der Waals surface area (Å²) in [5.41, 5.74) is 0.417. The van der Waals surface area contributed by atoms with E-state index in [2.05, 4.69) is 26.3 Å². The van der Waals surface area contributed by atoms with Gasteiger partial charge < -0.3 is 10.1 Å². The summed E-state index contributed by atoms with van der Waals surface area (Å²) in [4.78, 5) is 11.8. The van der Waals surface area contributed by atoms with Crippen molar-refractivity contribution >= 4 is 21.8 Å². The molecule has 1 saturated heterocycles. The summed E-state index contributed by atoms with van der Waals surface area (Å²) >= 11 is 3.30. The van der Waals surface area contributed by atoms with Gasteiger partial charge in [0.05, 0.1) is 10.6 Å². The monoisotopic (exact) mass is 287 g/mol. The maximum Gasteiger partial charge on any atom is 0.273 e. The number of carbonyl (C=O) groups is 1. The van der Waals surface area contributed by atoms with Gasteiger partial charge in [0, 0.05) is 26.4 Å². The first kappa shape index (κ1) is 11.6. The standard InChI is InChI=1S/C10H14BrN3O2/c1-14-6-8(11)9(13-14)10(15)12-5-7-3-2-4-16-7/h6-7H,2-5H2,1H3,(H,12,15). The molecule has 0 saturated carbocycles. The molecule has 6 heteroatoms. The van der Waals surface area contributed by atoms with E-state index in [1.54, 1.807) is 17.9 Å². The van der Waals surface area contributed by atoms with Crippen LogP contribution in [0.2, 0.25) is 0 Å². The lowest BCUT2D eigenvalue weighted by atomic mass is 10.2. The van der Waals surface area contributed by atoms with E-state index < -0.39 is 0 Å². The Balaban J connectivity index is 1.90. The van der Waals surface area contributed by atoms with Crippen LogP contribution in [0.15, 0.2) is 10.7 Å². The fraction of sp³-hybridized carbons (Fsp3) is 0.600. The Hall–Kier alpha value is -0.880. The van der Waals surface area contributed by atoms with Gasteiger partial charge in [0.2, 0.25) is 0 Å². The van der Waals surface area contributed by atoms with Gasteiger partial charge in [0.25, 0.3) is 5.91 Å². The Morgan fingerprint density at radius 3 is 3.19 bits per heavy atom. The van der Waals surface area contributed by atoms with Crippen LogP contribution in [-0.2, 0) is 11.8 Å². The summed E-state index contributed by atoms with van der Waals surface area (Å²) in [6.45, 7) is 1.36. The van der Waals surface area contributed by atoms with Crippen LogP contribution in [0.5, 0.6) is 0 Å². The van der Waals surface area contributed by atoms with Crippen LogP contribution in [0.3, 0.4) is 0 Å². The van der Waals surface area contributed by atoms with E-state index in [9.17, 15) is 4.79 Å². The lowest BCUT2D eigenvalue weighted by Crippen LogP contribution is -2.32. The number of hydrogen-bond acceptors (Lipinski definition) is 3. The van der Waals surface area contributed by atoms with Crippen molar-refractivity contribution in [2.45, 2.75) is 18.9 Å². The number of nitrogens with zero attached hydrogens (tertiary/aromatic N) is 2. The van der Waals surface area contributed by atoms with E-state index in [4.69, 9.17) is 4.74 Å². The first-order chi connectivity index (χ1) is 7.66. The molecule has 88 valence electrons. The van der Waals surface area contributed by atoms with Crippen molar-refractivity contribution in [1.29, 1.82) is 0 Å². The lowest BCUT2D eigenvalue weighted by molar-refractivity contribution is 0.0852. The molecule has 1 N–H and O–H groups in total. The number of aromatic nitrogens is 2. The Bertz CT molecular complexity index is 385. The minimum Gasteiger partial charge on any atom is -0.376 e. The quantitative estimate of drug-likeness (QED) is 0.906. The van der Waals surface area contributed by atoms with Crippen molar-refractivity contribution in [3.05, 3.63) is 16.4 Å². The number of rotatable bonds is 3. The Kier molecular flexibility index (Phi) is 3.60. The fourth-order valence-corrected chi connectivity index (χ4v) is 2.26. The van der Waals surface area contributed by atoms with E-state index >= 15 is 0 Å². The maximum absolute atomic E-state index is 11.8. The van der Waals surface area contributed by atoms with Crippen LogP contribution >= 0.6 is 15.9 Å². The molecular formula is C10H14BrN3O2. The van der Waals surface area contributed by atoms with Crippen LogP contribution in [0.1, 0.15) is 23.3 Å². The number of aryl methyl sites for hydroxylation is 1. The molecule has 5 nitrogen and oxygen atoms in total. The zero-order valence-electron chi connectivity index (χ0n) is 9.07. The largest absolute Gasteiger partial charge is 0.376 e. The average molecular weight is 288 g/mol. The van der Waals surface area contributed by atoms with Crippen LogP contribution in [0, 0.1) is 0 Å². The smallest absolute Gasteiger partial charge is 0.273 e. The second kappa shape index (κ2) is 4.97. The van der Waals surface area contributed by atoms with E-state index in [1.165, 1.54) is 0 Å². The second-order valence-electron chi connectivity index (χ2n) is 3.84. The summed E-state index contributed by atoms with van der Waals surface area (Å²) in [6, 6.07) is 0. The number of carbonyl (C=O) groups excluding carboxylic acids is 1. The van der Waals surface area contributed by atoms with Crippen molar-refractivity contribution in [3.8, 4) is 0 Å². The third-order valence-corrected chi connectivity index (χ3v) is 3.09. The predicted molar refractivity (Wildman–Crippen MR) is 62.2 cm³/mol. The first-order valence-electron chi connectivity index (χ1n) is 5.26. The average Bonchev–Trinajstić information content (AvgIpc) is 2.84.